The topological polar surface area (TPSA) is 26.0 Å². The first kappa shape index (κ1) is 10.5. The molecule has 2 nitrogen and oxygen atoms in total. The van der Waals surface area contributed by atoms with Crippen LogP contribution in [0.2, 0.25) is 0 Å². The van der Waals surface area contributed by atoms with Crippen LogP contribution in [0.1, 0.15) is 5.56 Å². The van der Waals surface area contributed by atoms with Crippen molar-refractivity contribution in [2.75, 3.05) is 0 Å². The zero-order valence-electron chi connectivity index (χ0n) is 9.27. The maximum absolute atomic E-state index is 5.44. The lowest BCUT2D eigenvalue weighted by Crippen LogP contribution is -1.77. The van der Waals surface area contributed by atoms with Crippen LogP contribution < -0.4 is 0 Å². The number of hydrogen-bond acceptors (Lipinski definition) is 2. The molecule has 3 heteroatoms. The fourth-order valence-electron chi connectivity index (χ4n) is 1.91. The molecule has 0 aliphatic rings. The summed E-state index contributed by atoms with van der Waals surface area (Å²) in [7, 11) is 0. The molecule has 0 N–H and O–H groups in total. The average Bonchev–Trinajstić information content (AvgIpc) is 2.71. The Morgan fingerprint density at radius 1 is 1.12 bits per heavy atom. The van der Waals surface area contributed by atoms with Crippen LogP contribution in [-0.4, -0.2) is 5.16 Å². The Labute approximate surface area is 107 Å². The van der Waals surface area contributed by atoms with E-state index in [-0.39, 0.29) is 0 Å². The Bertz CT molecular complexity index is 688. The molecule has 0 amide bonds. The van der Waals surface area contributed by atoms with Crippen LogP contribution in [0, 0.1) is 6.92 Å². The second-order valence-corrected chi connectivity index (χ2v) is 4.96. The third-order valence-electron chi connectivity index (χ3n) is 2.72. The van der Waals surface area contributed by atoms with Gasteiger partial charge in [0, 0.05) is 15.4 Å². The minimum atomic E-state index is 0.830. The minimum Gasteiger partial charge on any atom is -0.355 e. The summed E-state index contributed by atoms with van der Waals surface area (Å²) in [5.74, 6) is 0.830. The van der Waals surface area contributed by atoms with E-state index in [9.17, 15) is 0 Å². The Hall–Kier alpha value is -1.61. The summed E-state index contributed by atoms with van der Waals surface area (Å²) >= 11 is 3.43. The first-order valence-corrected chi connectivity index (χ1v) is 6.15. The van der Waals surface area contributed by atoms with Crippen molar-refractivity contribution in [1.82, 2.24) is 5.16 Å². The van der Waals surface area contributed by atoms with Gasteiger partial charge in [0.2, 0.25) is 0 Å². The summed E-state index contributed by atoms with van der Waals surface area (Å²) in [5, 5.41) is 5.12. The van der Waals surface area contributed by atoms with Gasteiger partial charge in [0.05, 0.1) is 0 Å². The standard InChI is InChI=1S/C14H10BrNO/c1-9-3-2-4-10(7-9)14-12-6-5-11(15)8-13(12)16-17-14/h2-8H,1H3. The number of nitrogens with zero attached hydrogens (tertiary/aromatic N) is 1. The molecule has 3 rings (SSSR count). The molecule has 1 heterocycles. The third-order valence-corrected chi connectivity index (χ3v) is 3.21. The van der Waals surface area contributed by atoms with Crippen molar-refractivity contribution in [3.05, 3.63) is 52.5 Å². The van der Waals surface area contributed by atoms with E-state index in [1.165, 1.54) is 5.56 Å². The van der Waals surface area contributed by atoms with Gasteiger partial charge in [-0.15, -0.1) is 0 Å². The van der Waals surface area contributed by atoms with Gasteiger partial charge in [-0.25, -0.2) is 0 Å². The number of fused-ring (bicyclic) bond motifs is 1. The van der Waals surface area contributed by atoms with Crippen molar-refractivity contribution in [1.29, 1.82) is 0 Å². The van der Waals surface area contributed by atoms with Crippen LogP contribution in [0.5, 0.6) is 0 Å². The predicted octanol–water partition coefficient (Wildman–Crippen LogP) is 4.57. The van der Waals surface area contributed by atoms with Crippen LogP contribution in [0.3, 0.4) is 0 Å². The zero-order valence-corrected chi connectivity index (χ0v) is 10.9. The van der Waals surface area contributed by atoms with Crippen LogP contribution in [-0.2, 0) is 0 Å². The van der Waals surface area contributed by atoms with Gasteiger partial charge in [0.25, 0.3) is 0 Å². The number of rotatable bonds is 1. The molecule has 0 atom stereocenters. The van der Waals surface area contributed by atoms with Gasteiger partial charge < -0.3 is 4.52 Å². The Balaban J connectivity index is 2.24. The molecule has 84 valence electrons. The van der Waals surface area contributed by atoms with Crippen molar-refractivity contribution in [3.8, 4) is 11.3 Å². The zero-order chi connectivity index (χ0) is 11.8. The highest BCUT2D eigenvalue weighted by Crippen LogP contribution is 2.30. The molecule has 0 unspecified atom stereocenters. The van der Waals surface area contributed by atoms with Gasteiger partial charge >= 0.3 is 0 Å². The van der Waals surface area contributed by atoms with E-state index in [1.807, 2.05) is 30.3 Å². The third kappa shape index (κ3) is 1.87. The van der Waals surface area contributed by atoms with E-state index in [0.29, 0.717) is 0 Å². The number of benzene rings is 2. The molecule has 3 aromatic rings. The summed E-state index contributed by atoms with van der Waals surface area (Å²) < 4.78 is 6.45. The molecule has 0 fully saturated rings. The van der Waals surface area contributed by atoms with E-state index >= 15 is 0 Å². The smallest absolute Gasteiger partial charge is 0.174 e. The maximum atomic E-state index is 5.44. The Morgan fingerprint density at radius 2 is 2.00 bits per heavy atom. The molecule has 0 spiro atoms. The van der Waals surface area contributed by atoms with Crippen LogP contribution in [0.25, 0.3) is 22.2 Å². The van der Waals surface area contributed by atoms with Gasteiger partial charge in [-0.1, -0.05) is 44.8 Å². The van der Waals surface area contributed by atoms with Gasteiger partial charge in [0.1, 0.15) is 5.52 Å². The lowest BCUT2D eigenvalue weighted by Gasteiger charge is -1.98. The predicted molar refractivity (Wildman–Crippen MR) is 71.9 cm³/mol. The average molecular weight is 288 g/mol. The van der Waals surface area contributed by atoms with Crippen molar-refractivity contribution in [2.45, 2.75) is 6.92 Å². The number of aromatic nitrogens is 1. The van der Waals surface area contributed by atoms with Gasteiger partial charge in [-0.2, -0.15) is 0 Å². The highest BCUT2D eigenvalue weighted by Gasteiger charge is 2.10. The highest BCUT2D eigenvalue weighted by atomic mass is 79.9. The highest BCUT2D eigenvalue weighted by molar-refractivity contribution is 9.10. The first-order valence-electron chi connectivity index (χ1n) is 5.36. The fraction of sp³-hybridized carbons (Fsp3) is 0.0714. The minimum absolute atomic E-state index is 0.830. The summed E-state index contributed by atoms with van der Waals surface area (Å²) in [6, 6.07) is 14.2. The molecule has 17 heavy (non-hydrogen) atoms. The lowest BCUT2D eigenvalue weighted by molar-refractivity contribution is 0.441. The Morgan fingerprint density at radius 3 is 2.82 bits per heavy atom. The molecule has 0 saturated heterocycles. The number of aryl methyl sites for hydroxylation is 1. The SMILES string of the molecule is Cc1cccc(-c2onc3cc(Br)ccc23)c1. The second kappa shape index (κ2) is 4.00. The molecule has 0 radical (unpaired) electrons. The van der Waals surface area contributed by atoms with Crippen LogP contribution >= 0.6 is 15.9 Å². The molecular weight excluding hydrogens is 278 g/mol. The maximum Gasteiger partial charge on any atom is 0.174 e. The van der Waals surface area contributed by atoms with Gasteiger partial charge in [-0.05, 0) is 31.2 Å². The fourth-order valence-corrected chi connectivity index (χ4v) is 2.26. The molecular formula is C14H10BrNO. The molecule has 0 bridgehead atoms. The van der Waals surface area contributed by atoms with Crippen molar-refractivity contribution < 1.29 is 4.52 Å². The van der Waals surface area contributed by atoms with Crippen molar-refractivity contribution >= 4 is 26.8 Å². The summed E-state index contributed by atoms with van der Waals surface area (Å²) in [6.07, 6.45) is 0. The lowest BCUT2D eigenvalue weighted by atomic mass is 10.1. The second-order valence-electron chi connectivity index (χ2n) is 4.04. The number of hydrogen-bond donors (Lipinski definition) is 0. The molecule has 0 aliphatic carbocycles. The van der Waals surface area contributed by atoms with Crippen molar-refractivity contribution in [3.63, 3.8) is 0 Å². The molecule has 2 aromatic carbocycles. The monoisotopic (exact) mass is 287 g/mol. The summed E-state index contributed by atoms with van der Waals surface area (Å²) in [6.45, 7) is 2.07. The van der Waals surface area contributed by atoms with Gasteiger partial charge in [0.15, 0.2) is 5.76 Å². The van der Waals surface area contributed by atoms with E-state index in [4.69, 9.17) is 4.52 Å². The van der Waals surface area contributed by atoms with Gasteiger partial charge in [-0.3, -0.25) is 0 Å². The van der Waals surface area contributed by atoms with E-state index < -0.39 is 0 Å². The van der Waals surface area contributed by atoms with Crippen molar-refractivity contribution in [2.24, 2.45) is 0 Å². The Kier molecular flexibility index (Phi) is 2.48. The molecule has 0 aliphatic heterocycles. The van der Waals surface area contributed by atoms with Crippen LogP contribution in [0.15, 0.2) is 51.5 Å². The quantitative estimate of drug-likeness (QED) is 0.655. The van der Waals surface area contributed by atoms with E-state index in [0.717, 1.165) is 26.7 Å². The van der Waals surface area contributed by atoms with E-state index in [2.05, 4.69) is 40.1 Å². The van der Waals surface area contributed by atoms with E-state index in [1.54, 1.807) is 0 Å². The summed E-state index contributed by atoms with van der Waals surface area (Å²) in [5.41, 5.74) is 3.15. The molecule has 0 saturated carbocycles. The summed E-state index contributed by atoms with van der Waals surface area (Å²) in [4.78, 5) is 0. The number of halogens is 1. The molecule has 1 aromatic heterocycles. The van der Waals surface area contributed by atoms with Crippen LogP contribution in [0.4, 0.5) is 0 Å². The first-order chi connectivity index (χ1) is 8.24. The normalized spacial score (nSPS) is 10.9. The largest absolute Gasteiger partial charge is 0.355 e.